The Labute approximate surface area is 227 Å². The summed E-state index contributed by atoms with van der Waals surface area (Å²) in [7, 11) is 2.15. The van der Waals surface area contributed by atoms with Crippen LogP contribution in [-0.2, 0) is 27.9 Å². The molecule has 6 rings (SSSR count). The highest BCUT2D eigenvalue weighted by Crippen LogP contribution is 2.47. The van der Waals surface area contributed by atoms with Gasteiger partial charge in [0.1, 0.15) is 5.02 Å². The molecule has 8 nitrogen and oxygen atoms in total. The van der Waals surface area contributed by atoms with Crippen molar-refractivity contribution in [3.8, 4) is 0 Å². The lowest BCUT2D eigenvalue weighted by molar-refractivity contribution is -0.138. The summed E-state index contributed by atoms with van der Waals surface area (Å²) in [5.74, 6) is 0.519. The Morgan fingerprint density at radius 3 is 2.92 bits per heavy atom. The summed E-state index contributed by atoms with van der Waals surface area (Å²) in [6.45, 7) is 5.90. The molecule has 1 aromatic heterocycles. The molecule has 9 heteroatoms. The molecule has 38 heavy (non-hydrogen) atoms. The van der Waals surface area contributed by atoms with Crippen molar-refractivity contribution in [2.45, 2.75) is 44.1 Å². The van der Waals surface area contributed by atoms with Crippen molar-refractivity contribution in [1.82, 2.24) is 14.9 Å². The number of rotatable bonds is 6. The Kier molecular flexibility index (Phi) is 6.50. The van der Waals surface area contributed by atoms with Gasteiger partial charge in [0, 0.05) is 48.9 Å². The van der Waals surface area contributed by atoms with Crippen LogP contribution in [0.3, 0.4) is 0 Å². The fourth-order valence-electron chi connectivity index (χ4n) is 6.14. The highest BCUT2D eigenvalue weighted by atomic mass is 35.5. The monoisotopic (exact) mass is 533 g/mol. The molecule has 0 spiro atoms. The molecular weight excluding hydrogens is 502 g/mol. The average Bonchev–Trinajstić information content (AvgIpc) is 3.52. The lowest BCUT2D eigenvalue weighted by atomic mass is 9.81. The number of anilines is 4. The van der Waals surface area contributed by atoms with Gasteiger partial charge in [-0.2, -0.15) is 4.98 Å². The van der Waals surface area contributed by atoms with Crippen LogP contribution in [0.15, 0.2) is 42.6 Å². The number of ether oxygens (including phenoxy) is 1. The third kappa shape index (κ3) is 4.61. The second-order valence-corrected chi connectivity index (χ2v) is 11.4. The zero-order chi connectivity index (χ0) is 26.4. The Balaban J connectivity index is 1.37. The van der Waals surface area contributed by atoms with Crippen molar-refractivity contribution in [2.75, 3.05) is 43.6 Å². The number of carboxylic acid groups (broad SMARTS) is 1. The molecule has 2 N–H and O–H groups in total. The molecule has 0 amide bonds. The quantitative estimate of drug-likeness (QED) is 0.444. The number of nitrogens with zero attached hydrogens (tertiary/aromatic N) is 4. The van der Waals surface area contributed by atoms with Crippen LogP contribution in [0.25, 0.3) is 0 Å². The molecule has 0 aliphatic carbocycles. The lowest BCUT2D eigenvalue weighted by Gasteiger charge is -2.28. The molecule has 0 bridgehead atoms. The van der Waals surface area contributed by atoms with Crippen molar-refractivity contribution < 1.29 is 14.6 Å². The van der Waals surface area contributed by atoms with E-state index in [1.807, 2.05) is 36.1 Å². The van der Waals surface area contributed by atoms with E-state index in [1.54, 1.807) is 6.20 Å². The number of halogens is 1. The van der Waals surface area contributed by atoms with Crippen LogP contribution in [0.5, 0.6) is 0 Å². The van der Waals surface area contributed by atoms with E-state index >= 15 is 0 Å². The number of carbonyl (C=O) groups is 1. The van der Waals surface area contributed by atoms with Crippen molar-refractivity contribution in [3.05, 3.63) is 69.9 Å². The molecule has 2 atom stereocenters. The van der Waals surface area contributed by atoms with Crippen molar-refractivity contribution in [1.29, 1.82) is 0 Å². The summed E-state index contributed by atoms with van der Waals surface area (Å²) in [4.78, 5) is 25.5. The fraction of sp³-hybridized carbons (Fsp3) is 0.414. The second kappa shape index (κ2) is 9.84. The predicted octanol–water partition coefficient (Wildman–Crippen LogP) is 5.25. The van der Waals surface area contributed by atoms with E-state index in [0.717, 1.165) is 49.5 Å². The van der Waals surface area contributed by atoms with Gasteiger partial charge in [-0.3, -0.25) is 4.79 Å². The number of aliphatic carboxylic acids is 1. The number of nitrogens with one attached hydrogen (secondary N) is 1. The number of para-hydroxylation sites is 1. The first-order chi connectivity index (χ1) is 18.3. The molecule has 3 aliphatic rings. The van der Waals surface area contributed by atoms with Crippen LogP contribution in [0, 0.1) is 0 Å². The number of benzene rings is 2. The molecule has 3 aromatic rings. The molecule has 4 heterocycles. The average molecular weight is 534 g/mol. The van der Waals surface area contributed by atoms with E-state index in [0.29, 0.717) is 35.9 Å². The van der Waals surface area contributed by atoms with Crippen LogP contribution >= 0.6 is 11.6 Å². The van der Waals surface area contributed by atoms with E-state index in [2.05, 4.69) is 34.4 Å². The van der Waals surface area contributed by atoms with Crippen molar-refractivity contribution in [3.63, 3.8) is 0 Å². The van der Waals surface area contributed by atoms with Crippen LogP contribution in [0.4, 0.5) is 23.1 Å². The minimum Gasteiger partial charge on any atom is -0.481 e. The number of carboxylic acids is 1. The number of hydrogen-bond donors (Lipinski definition) is 2. The topological polar surface area (TPSA) is 90.8 Å². The maximum absolute atomic E-state index is 11.7. The summed E-state index contributed by atoms with van der Waals surface area (Å²) in [6, 6.07) is 12.5. The molecular formula is C29H32ClN5O3. The molecule has 1 fully saturated rings. The highest BCUT2D eigenvalue weighted by molar-refractivity contribution is 6.33. The molecule has 2 unspecified atom stereocenters. The summed E-state index contributed by atoms with van der Waals surface area (Å²) in [5.41, 5.74) is 6.30. The molecule has 2 aromatic carbocycles. The summed E-state index contributed by atoms with van der Waals surface area (Å²) in [6.07, 6.45) is 3.67. The summed E-state index contributed by atoms with van der Waals surface area (Å²) >= 11 is 6.66. The van der Waals surface area contributed by atoms with E-state index in [4.69, 9.17) is 21.3 Å². The van der Waals surface area contributed by atoms with Gasteiger partial charge in [0.2, 0.25) is 5.95 Å². The van der Waals surface area contributed by atoms with Crippen LogP contribution in [-0.4, -0.2) is 59.3 Å². The van der Waals surface area contributed by atoms with Gasteiger partial charge in [-0.15, -0.1) is 0 Å². The zero-order valence-corrected chi connectivity index (χ0v) is 22.5. The Morgan fingerprint density at radius 2 is 2.13 bits per heavy atom. The Morgan fingerprint density at radius 1 is 1.29 bits per heavy atom. The third-order valence-corrected chi connectivity index (χ3v) is 8.33. The number of aromatic nitrogens is 2. The minimum atomic E-state index is -0.832. The fourth-order valence-corrected chi connectivity index (χ4v) is 6.33. The largest absolute Gasteiger partial charge is 0.481 e. The number of hydrogen-bond acceptors (Lipinski definition) is 7. The third-order valence-electron chi connectivity index (χ3n) is 8.07. The van der Waals surface area contributed by atoms with Gasteiger partial charge in [-0.1, -0.05) is 42.8 Å². The van der Waals surface area contributed by atoms with E-state index in [1.165, 1.54) is 16.7 Å². The molecule has 1 saturated heterocycles. The molecule has 3 aliphatic heterocycles. The van der Waals surface area contributed by atoms with Gasteiger partial charge < -0.3 is 25.0 Å². The molecule has 198 valence electrons. The minimum absolute atomic E-state index is 0.0186. The zero-order valence-electron chi connectivity index (χ0n) is 21.7. The number of likely N-dealkylation sites (N-methyl/N-ethyl adjacent to an activating group) is 1. The van der Waals surface area contributed by atoms with Crippen molar-refractivity contribution >= 4 is 40.7 Å². The maximum Gasteiger partial charge on any atom is 0.304 e. The highest BCUT2D eigenvalue weighted by Gasteiger charge is 2.42. The summed E-state index contributed by atoms with van der Waals surface area (Å²) in [5, 5.41) is 13.5. The van der Waals surface area contributed by atoms with Crippen LogP contribution < -0.4 is 10.2 Å². The predicted molar refractivity (Wildman–Crippen MR) is 148 cm³/mol. The van der Waals surface area contributed by atoms with Gasteiger partial charge in [-0.25, -0.2) is 4.98 Å². The van der Waals surface area contributed by atoms with E-state index < -0.39 is 11.4 Å². The van der Waals surface area contributed by atoms with Gasteiger partial charge in [-0.05, 0) is 54.3 Å². The Bertz CT molecular complexity index is 1390. The first-order valence-corrected chi connectivity index (χ1v) is 13.5. The van der Waals surface area contributed by atoms with E-state index in [-0.39, 0.29) is 6.42 Å². The van der Waals surface area contributed by atoms with Crippen LogP contribution in [0.2, 0.25) is 5.02 Å². The smallest absolute Gasteiger partial charge is 0.304 e. The van der Waals surface area contributed by atoms with Gasteiger partial charge in [0.15, 0.2) is 5.82 Å². The van der Waals surface area contributed by atoms with E-state index in [9.17, 15) is 9.90 Å². The van der Waals surface area contributed by atoms with Crippen LogP contribution in [0.1, 0.15) is 47.9 Å². The van der Waals surface area contributed by atoms with Crippen molar-refractivity contribution in [2.24, 2.45) is 0 Å². The first kappa shape index (κ1) is 25.1. The molecule has 0 saturated carbocycles. The normalized spacial score (nSPS) is 22.8. The molecule has 0 radical (unpaired) electrons. The van der Waals surface area contributed by atoms with Gasteiger partial charge >= 0.3 is 5.97 Å². The lowest BCUT2D eigenvalue weighted by Crippen LogP contribution is -2.31. The first-order valence-electron chi connectivity index (χ1n) is 13.1. The SMILES string of the molecule is CN1CCc2cc(C3CCOC3)c(Nc3ncc(Cl)c(N4CC(C)(CC(=O)O)c5ccccc54)n3)cc2C1. The second-order valence-electron chi connectivity index (χ2n) is 11.0. The van der Waals surface area contributed by atoms with Gasteiger partial charge in [0.25, 0.3) is 0 Å². The number of fused-ring (bicyclic) bond motifs is 2. The van der Waals surface area contributed by atoms with Gasteiger partial charge in [0.05, 0.1) is 19.2 Å². The standard InChI is InChI=1S/C29H32ClN5O3/c1-29(13-26(36)37)17-35(25-6-4-3-5-22(25)29)27-23(30)14-31-28(33-27)32-24-12-20-15-34(2)9-7-18(20)11-21(24)19-8-10-38-16-19/h3-6,11-12,14,19H,7-10,13,15-17H2,1-2H3,(H,36,37)(H,31,32,33). The maximum atomic E-state index is 11.7. The Hall–Kier alpha value is -3.20. The summed E-state index contributed by atoms with van der Waals surface area (Å²) < 4.78 is 5.73.